The summed E-state index contributed by atoms with van der Waals surface area (Å²) in [5, 5.41) is 3.97. The van der Waals surface area contributed by atoms with Crippen LogP contribution in [0.1, 0.15) is 44.8 Å². The third kappa shape index (κ3) is 4.20. The minimum atomic E-state index is -0.205. The number of hydrogen-bond donors (Lipinski definition) is 1. The Bertz CT molecular complexity index is 956. The highest BCUT2D eigenvalue weighted by atomic mass is 35.5. The lowest BCUT2D eigenvalue weighted by Gasteiger charge is -2.22. The molecule has 0 radical (unpaired) electrons. The molecule has 3 rings (SSSR count). The van der Waals surface area contributed by atoms with Crippen molar-refractivity contribution in [2.24, 2.45) is 0 Å². The lowest BCUT2D eigenvalue weighted by atomic mass is 10.0. The monoisotopic (exact) mass is 390 g/mol. The van der Waals surface area contributed by atoms with E-state index >= 15 is 0 Å². The van der Waals surface area contributed by atoms with Gasteiger partial charge in [0.15, 0.2) is 5.76 Å². The van der Waals surface area contributed by atoms with E-state index in [1.54, 1.807) is 0 Å². The van der Waals surface area contributed by atoms with Crippen molar-refractivity contribution in [1.82, 2.24) is 10.2 Å². The predicted molar refractivity (Wildman–Crippen MR) is 110 cm³/mol. The number of carbonyl (C=O) groups is 1. The van der Waals surface area contributed by atoms with Crippen LogP contribution in [-0.2, 0) is 0 Å². The van der Waals surface area contributed by atoms with E-state index in [-0.39, 0.29) is 24.4 Å². The lowest BCUT2D eigenvalue weighted by molar-refractivity contribution is 0.0912. The zero-order valence-electron chi connectivity index (χ0n) is 16.7. The molecule has 0 saturated carbocycles. The SMILES string of the molecule is Cc1ccc(C(CNC(=O)c2oc3cc(C)c(C)cc3c2C)N(C)C)o1.Cl. The molecule has 1 unspecified atom stereocenters. The fourth-order valence-electron chi connectivity index (χ4n) is 3.13. The van der Waals surface area contributed by atoms with Crippen LogP contribution in [0.15, 0.2) is 33.1 Å². The summed E-state index contributed by atoms with van der Waals surface area (Å²) in [5.41, 5.74) is 3.96. The van der Waals surface area contributed by atoms with Crippen LogP contribution in [0, 0.1) is 27.7 Å². The lowest BCUT2D eigenvalue weighted by Crippen LogP contribution is -2.34. The molecule has 6 heteroatoms. The minimum Gasteiger partial charge on any atom is -0.465 e. The Hall–Kier alpha value is -2.24. The van der Waals surface area contributed by atoms with Gasteiger partial charge in [-0.1, -0.05) is 0 Å². The second kappa shape index (κ2) is 8.19. The van der Waals surface area contributed by atoms with Crippen molar-refractivity contribution < 1.29 is 13.6 Å². The molecule has 1 atom stereocenters. The number of furan rings is 2. The summed E-state index contributed by atoms with van der Waals surface area (Å²) in [4.78, 5) is 14.7. The summed E-state index contributed by atoms with van der Waals surface area (Å²) in [6.45, 7) is 8.38. The third-order valence-corrected chi connectivity index (χ3v) is 4.93. The number of halogens is 1. The van der Waals surface area contributed by atoms with E-state index in [1.165, 1.54) is 5.56 Å². The zero-order valence-corrected chi connectivity index (χ0v) is 17.5. The van der Waals surface area contributed by atoms with E-state index in [1.807, 2.05) is 58.0 Å². The number of likely N-dealkylation sites (N-methyl/N-ethyl adjacent to an activating group) is 1. The quantitative estimate of drug-likeness (QED) is 0.685. The maximum Gasteiger partial charge on any atom is 0.287 e. The van der Waals surface area contributed by atoms with E-state index in [4.69, 9.17) is 8.83 Å². The summed E-state index contributed by atoms with van der Waals surface area (Å²) in [5.74, 6) is 1.86. The van der Waals surface area contributed by atoms with E-state index in [0.717, 1.165) is 33.6 Å². The van der Waals surface area contributed by atoms with Gasteiger partial charge >= 0.3 is 0 Å². The van der Waals surface area contributed by atoms with Crippen LogP contribution < -0.4 is 5.32 Å². The predicted octanol–water partition coefficient (Wildman–Crippen LogP) is 4.71. The Morgan fingerprint density at radius 3 is 2.33 bits per heavy atom. The van der Waals surface area contributed by atoms with Crippen LogP contribution in [0.5, 0.6) is 0 Å². The smallest absolute Gasteiger partial charge is 0.287 e. The van der Waals surface area contributed by atoms with Gasteiger partial charge in [0.05, 0.1) is 6.04 Å². The van der Waals surface area contributed by atoms with Crippen LogP contribution in [0.3, 0.4) is 0 Å². The van der Waals surface area contributed by atoms with Crippen molar-refractivity contribution in [2.45, 2.75) is 33.7 Å². The van der Waals surface area contributed by atoms with Crippen molar-refractivity contribution in [1.29, 1.82) is 0 Å². The Kier molecular flexibility index (Phi) is 6.39. The molecular formula is C21H27ClN2O3. The van der Waals surface area contributed by atoms with Gasteiger partial charge in [0.1, 0.15) is 17.1 Å². The van der Waals surface area contributed by atoms with Crippen LogP contribution in [-0.4, -0.2) is 31.4 Å². The second-order valence-corrected chi connectivity index (χ2v) is 7.13. The molecule has 146 valence electrons. The van der Waals surface area contributed by atoms with Gasteiger partial charge in [0, 0.05) is 17.5 Å². The van der Waals surface area contributed by atoms with Crippen LogP contribution in [0.25, 0.3) is 11.0 Å². The zero-order chi connectivity index (χ0) is 19.0. The fraction of sp³-hybridized carbons (Fsp3) is 0.381. The molecule has 0 aliphatic heterocycles. The Labute approximate surface area is 166 Å². The molecule has 1 amide bonds. The first-order chi connectivity index (χ1) is 12.3. The standard InChI is InChI=1S/C21H26N2O3.ClH/c1-12-9-16-15(4)20(26-19(16)10-13(12)2)21(24)22-11-17(23(5)6)18-8-7-14(3)25-18;/h7-10,17H,11H2,1-6H3,(H,22,24);1H. The number of fused-ring (bicyclic) bond motifs is 1. The van der Waals surface area contributed by atoms with Crippen molar-refractivity contribution in [3.8, 4) is 0 Å². The number of aryl methyl sites for hydroxylation is 4. The molecule has 0 fully saturated rings. The Balaban J connectivity index is 0.00000261. The van der Waals surface area contributed by atoms with Gasteiger partial charge in [-0.2, -0.15) is 0 Å². The largest absolute Gasteiger partial charge is 0.465 e. The normalized spacial score (nSPS) is 12.3. The highest BCUT2D eigenvalue weighted by molar-refractivity contribution is 5.99. The molecule has 0 aliphatic carbocycles. The third-order valence-electron chi connectivity index (χ3n) is 4.93. The molecule has 0 bridgehead atoms. The molecule has 3 aromatic rings. The minimum absolute atomic E-state index is 0. The van der Waals surface area contributed by atoms with Crippen molar-refractivity contribution in [2.75, 3.05) is 20.6 Å². The highest BCUT2D eigenvalue weighted by Crippen LogP contribution is 2.28. The summed E-state index contributed by atoms with van der Waals surface area (Å²) in [6, 6.07) is 7.91. The van der Waals surface area contributed by atoms with E-state index < -0.39 is 0 Å². The van der Waals surface area contributed by atoms with E-state index in [9.17, 15) is 4.79 Å². The number of benzene rings is 1. The van der Waals surface area contributed by atoms with Crippen LogP contribution >= 0.6 is 12.4 Å². The van der Waals surface area contributed by atoms with Gasteiger partial charge in [-0.3, -0.25) is 9.69 Å². The molecule has 5 nitrogen and oxygen atoms in total. The molecule has 1 N–H and O–H groups in total. The van der Waals surface area contributed by atoms with Crippen molar-refractivity contribution in [3.05, 3.63) is 58.2 Å². The second-order valence-electron chi connectivity index (χ2n) is 7.13. The van der Waals surface area contributed by atoms with Gasteiger partial charge in [-0.15, -0.1) is 12.4 Å². The first kappa shape index (κ1) is 21.1. The number of nitrogens with one attached hydrogen (secondary N) is 1. The van der Waals surface area contributed by atoms with Crippen molar-refractivity contribution >= 4 is 29.3 Å². The number of nitrogens with zero attached hydrogens (tertiary/aromatic N) is 1. The molecule has 1 aromatic carbocycles. The molecule has 27 heavy (non-hydrogen) atoms. The summed E-state index contributed by atoms with van der Waals surface area (Å²) >= 11 is 0. The number of carbonyl (C=O) groups excluding carboxylic acids is 1. The fourth-order valence-corrected chi connectivity index (χ4v) is 3.13. The molecule has 2 aromatic heterocycles. The Morgan fingerprint density at radius 1 is 1.07 bits per heavy atom. The van der Waals surface area contributed by atoms with Gasteiger partial charge in [0.2, 0.25) is 0 Å². The van der Waals surface area contributed by atoms with Gasteiger partial charge < -0.3 is 14.2 Å². The maximum absolute atomic E-state index is 12.7. The summed E-state index contributed by atoms with van der Waals surface area (Å²) in [7, 11) is 3.93. The topological polar surface area (TPSA) is 58.6 Å². The van der Waals surface area contributed by atoms with Gasteiger partial charge in [-0.05, 0) is 77.2 Å². The summed E-state index contributed by atoms with van der Waals surface area (Å²) < 4.78 is 11.6. The average Bonchev–Trinajstić information content (AvgIpc) is 3.12. The average molecular weight is 391 g/mol. The van der Waals surface area contributed by atoms with E-state index in [2.05, 4.69) is 18.3 Å². The molecular weight excluding hydrogens is 364 g/mol. The summed E-state index contributed by atoms with van der Waals surface area (Å²) in [6.07, 6.45) is 0. The molecule has 0 spiro atoms. The molecule has 0 aliphatic rings. The highest BCUT2D eigenvalue weighted by Gasteiger charge is 2.22. The van der Waals surface area contributed by atoms with Crippen LogP contribution in [0.2, 0.25) is 0 Å². The first-order valence-electron chi connectivity index (χ1n) is 8.79. The maximum atomic E-state index is 12.7. The van der Waals surface area contributed by atoms with E-state index in [0.29, 0.717) is 12.3 Å². The molecule has 2 heterocycles. The van der Waals surface area contributed by atoms with Crippen molar-refractivity contribution in [3.63, 3.8) is 0 Å². The molecule has 0 saturated heterocycles. The number of hydrogen-bond acceptors (Lipinski definition) is 4. The number of amides is 1. The first-order valence-corrected chi connectivity index (χ1v) is 8.79. The van der Waals surface area contributed by atoms with Crippen LogP contribution in [0.4, 0.5) is 0 Å². The Morgan fingerprint density at radius 2 is 1.74 bits per heavy atom. The number of rotatable bonds is 5. The van der Waals surface area contributed by atoms with Gasteiger partial charge in [-0.25, -0.2) is 0 Å². The van der Waals surface area contributed by atoms with Gasteiger partial charge in [0.25, 0.3) is 5.91 Å².